The maximum atomic E-state index is 13.9. The summed E-state index contributed by atoms with van der Waals surface area (Å²) in [5.74, 6) is 0.638. The molecule has 0 radical (unpaired) electrons. The normalized spacial score (nSPS) is 19.4. The van der Waals surface area contributed by atoms with E-state index in [1.54, 1.807) is 32.7 Å². The van der Waals surface area contributed by atoms with Gasteiger partial charge in [-0.1, -0.05) is 66.5 Å². The molecule has 3 aliphatic heterocycles. The number of ether oxygens (including phenoxy) is 4. The minimum absolute atomic E-state index is 0.0788. The number of esters is 2. The van der Waals surface area contributed by atoms with E-state index < -0.39 is 12.0 Å². The van der Waals surface area contributed by atoms with Crippen molar-refractivity contribution >= 4 is 46.5 Å². The Balaban J connectivity index is 1.16. The van der Waals surface area contributed by atoms with Crippen LogP contribution in [0.1, 0.15) is 63.0 Å². The van der Waals surface area contributed by atoms with Gasteiger partial charge in [0.25, 0.3) is 0 Å². The number of rotatable bonds is 15. The number of nitrogens with one attached hydrogen (secondary N) is 1. The van der Waals surface area contributed by atoms with Crippen LogP contribution in [0.5, 0.6) is 11.5 Å². The summed E-state index contributed by atoms with van der Waals surface area (Å²) in [7, 11) is 3.16. The van der Waals surface area contributed by atoms with E-state index in [2.05, 4.69) is 14.8 Å². The second-order valence-corrected chi connectivity index (χ2v) is 15.0. The van der Waals surface area contributed by atoms with Crippen LogP contribution >= 0.6 is 34.5 Å². The number of hydrogen-bond donors (Lipinski definition) is 0. The number of H-pyrrole nitrogens is 1. The number of piperidine rings is 3. The monoisotopic (exact) mass is 752 g/mol. The standard InChI is InChI=1S/C39H43Cl2N3O6S/c1-4-44(37(26-8-6-5-7-9-26)39(46)50-35-23-43-16-14-25(35)15-17-43)22-29-11-13-36(51-29)38(45)49-24-28(18-30-31(40)20-42-21-32(30)41)27-10-12-33(47-2)34(19-27)48-3/h5-13,19-21,25,28,35,37H,4,14-18,22-24H2,1-3H3/p+1/t28-,35+,37?/m1/s1. The summed E-state index contributed by atoms with van der Waals surface area (Å²) in [5, 5.41) is 0.980. The fourth-order valence-electron chi connectivity index (χ4n) is 7.09. The number of benzene rings is 2. The summed E-state index contributed by atoms with van der Waals surface area (Å²) in [4.78, 5) is 36.3. The molecule has 3 saturated heterocycles. The van der Waals surface area contributed by atoms with Crippen LogP contribution < -0.4 is 14.5 Å². The first kappa shape index (κ1) is 37.1. The van der Waals surface area contributed by atoms with Crippen molar-refractivity contribution < 1.29 is 33.5 Å². The van der Waals surface area contributed by atoms with E-state index in [0.717, 1.165) is 54.0 Å². The van der Waals surface area contributed by atoms with Crippen LogP contribution in [0.2, 0.25) is 10.0 Å². The van der Waals surface area contributed by atoms with Crippen molar-refractivity contribution in [1.29, 1.82) is 0 Å². The van der Waals surface area contributed by atoms with Crippen LogP contribution in [0, 0.1) is 5.92 Å². The van der Waals surface area contributed by atoms with Crippen LogP contribution in [0.4, 0.5) is 0 Å². The molecule has 0 spiro atoms. The molecule has 7 rings (SSSR count). The van der Waals surface area contributed by atoms with Gasteiger partial charge in [-0.2, -0.15) is 0 Å². The number of likely N-dealkylation sites (N-methyl/N-ethyl adjacent to an activating group) is 1. The molecule has 3 atom stereocenters. The van der Waals surface area contributed by atoms with Crippen LogP contribution in [0.25, 0.3) is 0 Å². The lowest BCUT2D eigenvalue weighted by atomic mass is 9.86. The highest BCUT2D eigenvalue weighted by Crippen LogP contribution is 2.36. The molecule has 1 unspecified atom stereocenters. The Morgan fingerprint density at radius 2 is 1.69 bits per heavy atom. The fraction of sp³-hybridized carbons (Fsp3) is 0.410. The molecule has 0 amide bonds. The third-order valence-electron chi connectivity index (χ3n) is 9.94. The predicted molar refractivity (Wildman–Crippen MR) is 198 cm³/mol. The van der Waals surface area contributed by atoms with Crippen molar-refractivity contribution in [2.45, 2.75) is 50.8 Å². The van der Waals surface area contributed by atoms with Gasteiger partial charge in [0, 0.05) is 29.4 Å². The van der Waals surface area contributed by atoms with E-state index >= 15 is 0 Å². The Kier molecular flexibility index (Phi) is 12.5. The number of aromatic nitrogens is 1. The van der Waals surface area contributed by atoms with Crippen molar-refractivity contribution in [2.75, 3.05) is 47.0 Å². The molecule has 3 aliphatic rings. The smallest absolute Gasteiger partial charge is 0.348 e. The van der Waals surface area contributed by atoms with Crippen molar-refractivity contribution in [1.82, 2.24) is 9.80 Å². The van der Waals surface area contributed by atoms with Crippen molar-refractivity contribution in [3.8, 4) is 11.5 Å². The highest BCUT2D eigenvalue weighted by Gasteiger charge is 2.39. The molecule has 0 aliphatic carbocycles. The van der Waals surface area contributed by atoms with E-state index in [1.165, 1.54) is 11.3 Å². The number of fused-ring (bicyclic) bond motifs is 3. The summed E-state index contributed by atoms with van der Waals surface area (Å²) in [5.41, 5.74) is 2.51. The third-order valence-corrected chi connectivity index (χ3v) is 11.7. The second kappa shape index (κ2) is 17.2. The van der Waals surface area contributed by atoms with Gasteiger partial charge >= 0.3 is 11.9 Å². The first-order chi connectivity index (χ1) is 24.8. The zero-order valence-corrected chi connectivity index (χ0v) is 31.4. The Bertz CT molecular complexity index is 1780. The lowest BCUT2D eigenvalue weighted by Crippen LogP contribution is -2.52. The van der Waals surface area contributed by atoms with E-state index in [-0.39, 0.29) is 24.6 Å². The lowest BCUT2D eigenvalue weighted by molar-refractivity contribution is -0.377. The highest BCUT2D eigenvalue weighted by atomic mass is 35.5. The molecule has 4 aromatic rings. The SMILES string of the molecule is CCN(Cc1ccc(C(=O)OC[C@@H](Cc2c(Cl)c[nH+]cc2Cl)c2ccc(OC)c(OC)c2)s1)C(C(=O)O[C@H]1CN2CCC1CC2)c1ccccc1. The topological polar surface area (TPSA) is 91.7 Å². The molecule has 5 heterocycles. The predicted octanol–water partition coefficient (Wildman–Crippen LogP) is 7.27. The molecule has 1 N–H and O–H groups in total. The van der Waals surface area contributed by atoms with Crippen LogP contribution in [-0.4, -0.2) is 74.8 Å². The van der Waals surface area contributed by atoms with E-state index in [1.807, 2.05) is 61.5 Å². The molecule has 2 aromatic carbocycles. The van der Waals surface area contributed by atoms with E-state index in [0.29, 0.717) is 51.8 Å². The molecule has 2 bridgehead atoms. The lowest BCUT2D eigenvalue weighted by Gasteiger charge is -2.44. The van der Waals surface area contributed by atoms with Crippen molar-refractivity contribution in [3.05, 3.63) is 110 Å². The number of methoxy groups -OCH3 is 2. The zero-order valence-electron chi connectivity index (χ0n) is 29.1. The molecular weight excluding hydrogens is 709 g/mol. The molecule has 3 fully saturated rings. The number of halogens is 2. The maximum Gasteiger partial charge on any atom is 0.348 e. The Morgan fingerprint density at radius 1 is 0.961 bits per heavy atom. The quantitative estimate of drug-likeness (QED) is 0.117. The number of carbonyl (C=O) groups is 2. The van der Waals surface area contributed by atoms with Crippen LogP contribution in [0.15, 0.2) is 73.1 Å². The van der Waals surface area contributed by atoms with Gasteiger partial charge in [-0.15, -0.1) is 11.3 Å². The minimum atomic E-state index is -0.569. The van der Waals surface area contributed by atoms with E-state index in [4.69, 9.17) is 42.1 Å². The second-order valence-electron chi connectivity index (χ2n) is 13.0. The molecule has 2 aromatic heterocycles. The highest BCUT2D eigenvalue weighted by molar-refractivity contribution is 7.13. The third kappa shape index (κ3) is 8.87. The summed E-state index contributed by atoms with van der Waals surface area (Å²) in [6.45, 7) is 6.17. The molecular formula is C39H44Cl2N3O6S+. The average molecular weight is 754 g/mol. The van der Waals surface area contributed by atoms with Gasteiger partial charge in [-0.05, 0) is 80.2 Å². The van der Waals surface area contributed by atoms with Crippen LogP contribution in [0.3, 0.4) is 0 Å². The van der Waals surface area contributed by atoms with Gasteiger partial charge in [-0.3, -0.25) is 9.80 Å². The Morgan fingerprint density at radius 3 is 2.33 bits per heavy atom. The van der Waals surface area contributed by atoms with Gasteiger partial charge in [-0.25, -0.2) is 14.6 Å². The summed E-state index contributed by atoms with van der Waals surface area (Å²) in [6, 6.07) is 18.6. The summed E-state index contributed by atoms with van der Waals surface area (Å²) >= 11 is 14.4. The molecule has 0 saturated carbocycles. The van der Waals surface area contributed by atoms with Gasteiger partial charge in [0.2, 0.25) is 0 Å². The number of hydrogen-bond acceptors (Lipinski definition) is 9. The number of aromatic amines is 1. The first-order valence-electron chi connectivity index (χ1n) is 17.3. The number of carbonyl (C=O) groups excluding carboxylic acids is 2. The maximum absolute atomic E-state index is 13.9. The zero-order chi connectivity index (χ0) is 35.9. The molecule has 270 valence electrons. The largest absolute Gasteiger partial charge is 0.493 e. The molecule has 12 heteroatoms. The molecule has 51 heavy (non-hydrogen) atoms. The van der Waals surface area contributed by atoms with Gasteiger partial charge in [0.15, 0.2) is 23.9 Å². The number of pyridine rings is 1. The van der Waals surface area contributed by atoms with Crippen LogP contribution in [-0.2, 0) is 27.2 Å². The average Bonchev–Trinajstić information content (AvgIpc) is 3.63. The minimum Gasteiger partial charge on any atom is -0.493 e. The number of nitrogens with zero attached hydrogens (tertiary/aromatic N) is 2. The van der Waals surface area contributed by atoms with Gasteiger partial charge < -0.3 is 18.9 Å². The van der Waals surface area contributed by atoms with Gasteiger partial charge in [0.1, 0.15) is 27.1 Å². The Labute approximate surface area is 313 Å². The Hall–Kier alpha value is -3.67. The van der Waals surface area contributed by atoms with Gasteiger partial charge in [0.05, 0.1) is 20.8 Å². The number of thiophene rings is 1. The fourth-order valence-corrected chi connectivity index (χ4v) is 8.55. The summed E-state index contributed by atoms with van der Waals surface area (Å²) in [6.07, 6.45) is 5.83. The first-order valence-corrected chi connectivity index (χ1v) is 18.9. The van der Waals surface area contributed by atoms with Crippen molar-refractivity contribution in [2.24, 2.45) is 5.92 Å². The summed E-state index contributed by atoms with van der Waals surface area (Å²) < 4.78 is 23.2. The van der Waals surface area contributed by atoms with Crippen molar-refractivity contribution in [3.63, 3.8) is 0 Å². The molecule has 9 nitrogen and oxygen atoms in total. The van der Waals surface area contributed by atoms with E-state index in [9.17, 15) is 9.59 Å².